The van der Waals surface area contributed by atoms with Crippen molar-refractivity contribution >= 4 is 11.7 Å². The summed E-state index contributed by atoms with van der Waals surface area (Å²) >= 11 is 0. The van der Waals surface area contributed by atoms with E-state index < -0.39 is 29.4 Å². The van der Waals surface area contributed by atoms with Gasteiger partial charge in [0.2, 0.25) is 0 Å². The quantitative estimate of drug-likeness (QED) is 0.587. The van der Waals surface area contributed by atoms with Crippen LogP contribution in [0.25, 0.3) is 5.76 Å². The number of carbonyl (C=O) groups is 1. The maximum absolute atomic E-state index is 12.8. The lowest BCUT2D eigenvalue weighted by atomic mass is 9.70. The highest BCUT2D eigenvalue weighted by molar-refractivity contribution is 5.96. The number of ether oxygens (including phenoxy) is 2. The van der Waals surface area contributed by atoms with Crippen molar-refractivity contribution < 1.29 is 29.6 Å². The standard InChI is InChI=1S/C22H16O6/c1-11(23)12-2-5-16-15(8-12)21(26)28-22(16)17-6-3-13(24)9-19(17)27-20-10-14(25)4-7-18(20)22/h2-10,17,19,23-25H,1H2/p-1. The van der Waals surface area contributed by atoms with Gasteiger partial charge in [-0.05, 0) is 35.9 Å². The number of fused-ring (bicyclic) bond motifs is 6. The molecule has 0 bridgehead atoms. The first kappa shape index (κ1) is 16.5. The molecule has 5 rings (SSSR count). The van der Waals surface area contributed by atoms with E-state index in [1.807, 2.05) is 0 Å². The normalized spacial score (nSPS) is 26.6. The average molecular weight is 375 g/mol. The van der Waals surface area contributed by atoms with Crippen LogP contribution in [0.15, 0.2) is 67.0 Å². The van der Waals surface area contributed by atoms with Crippen LogP contribution in [0.3, 0.4) is 0 Å². The fraction of sp³-hybridized carbons (Fsp3) is 0.136. The summed E-state index contributed by atoms with van der Waals surface area (Å²) in [5.74, 6) is -0.968. The van der Waals surface area contributed by atoms with Gasteiger partial charge in [0.15, 0.2) is 5.60 Å². The Labute approximate surface area is 160 Å². The molecule has 3 atom stereocenters. The summed E-state index contributed by atoms with van der Waals surface area (Å²) in [5, 5.41) is 31.5. The summed E-state index contributed by atoms with van der Waals surface area (Å²) < 4.78 is 12.0. The zero-order valence-electron chi connectivity index (χ0n) is 14.6. The molecule has 0 saturated carbocycles. The first-order valence-corrected chi connectivity index (χ1v) is 8.73. The molecule has 0 amide bonds. The van der Waals surface area contributed by atoms with E-state index in [-0.39, 0.29) is 11.5 Å². The number of phenolic OH excluding ortho intramolecular Hbond substituents is 1. The second-order valence-electron chi connectivity index (χ2n) is 7.05. The molecule has 28 heavy (non-hydrogen) atoms. The van der Waals surface area contributed by atoms with E-state index in [9.17, 15) is 20.1 Å². The largest absolute Gasteiger partial charge is 0.872 e. The molecule has 0 radical (unpaired) electrons. The van der Waals surface area contributed by atoms with Gasteiger partial charge < -0.3 is 24.8 Å². The maximum Gasteiger partial charge on any atom is 0.339 e. The Bertz CT molecular complexity index is 1110. The molecule has 2 aromatic carbocycles. The summed E-state index contributed by atoms with van der Waals surface area (Å²) in [6, 6.07) is 9.42. The van der Waals surface area contributed by atoms with Crippen molar-refractivity contribution in [2.45, 2.75) is 11.7 Å². The third-order valence-corrected chi connectivity index (χ3v) is 5.48. The van der Waals surface area contributed by atoms with Crippen LogP contribution in [0.2, 0.25) is 0 Å². The fourth-order valence-corrected chi connectivity index (χ4v) is 4.27. The van der Waals surface area contributed by atoms with Crippen molar-refractivity contribution in [2.75, 3.05) is 0 Å². The van der Waals surface area contributed by atoms with Gasteiger partial charge in [-0.1, -0.05) is 18.2 Å². The first-order chi connectivity index (χ1) is 13.4. The lowest BCUT2D eigenvalue weighted by Gasteiger charge is -2.44. The van der Waals surface area contributed by atoms with Crippen LogP contribution < -0.4 is 9.84 Å². The zero-order valence-corrected chi connectivity index (χ0v) is 14.6. The van der Waals surface area contributed by atoms with E-state index >= 15 is 0 Å². The smallest absolute Gasteiger partial charge is 0.339 e. The Morgan fingerprint density at radius 3 is 2.71 bits per heavy atom. The average Bonchev–Trinajstić information content (AvgIpc) is 2.94. The van der Waals surface area contributed by atoms with Gasteiger partial charge in [0.05, 0.1) is 11.5 Å². The van der Waals surface area contributed by atoms with Gasteiger partial charge in [0.25, 0.3) is 0 Å². The first-order valence-electron chi connectivity index (χ1n) is 8.73. The fourth-order valence-electron chi connectivity index (χ4n) is 4.27. The van der Waals surface area contributed by atoms with Crippen molar-refractivity contribution in [3.8, 4) is 11.5 Å². The molecule has 0 saturated heterocycles. The number of aliphatic hydroxyl groups excluding tert-OH is 1. The molecule has 2 N–H and O–H groups in total. The van der Waals surface area contributed by atoms with Crippen molar-refractivity contribution in [2.24, 2.45) is 5.92 Å². The predicted octanol–water partition coefficient (Wildman–Crippen LogP) is 2.53. The predicted molar refractivity (Wildman–Crippen MR) is 97.5 cm³/mol. The van der Waals surface area contributed by atoms with Crippen molar-refractivity contribution in [1.29, 1.82) is 0 Å². The van der Waals surface area contributed by atoms with E-state index in [0.29, 0.717) is 28.0 Å². The summed E-state index contributed by atoms with van der Waals surface area (Å²) in [6.07, 6.45) is 4.22. The molecular formula is C22H15O6-. The lowest BCUT2D eigenvalue weighted by molar-refractivity contribution is -0.243. The number of aromatic hydroxyl groups is 1. The van der Waals surface area contributed by atoms with Gasteiger partial charge >= 0.3 is 5.97 Å². The van der Waals surface area contributed by atoms with Gasteiger partial charge in [-0.2, -0.15) is 0 Å². The van der Waals surface area contributed by atoms with E-state index in [0.717, 1.165) is 0 Å². The molecule has 2 heterocycles. The number of benzene rings is 2. The van der Waals surface area contributed by atoms with Gasteiger partial charge in [-0.25, -0.2) is 4.79 Å². The minimum absolute atomic E-state index is 0.00875. The van der Waals surface area contributed by atoms with Crippen LogP contribution in [0.1, 0.15) is 27.0 Å². The van der Waals surface area contributed by atoms with Gasteiger partial charge in [-0.15, -0.1) is 12.3 Å². The lowest BCUT2D eigenvalue weighted by Crippen LogP contribution is -2.48. The van der Waals surface area contributed by atoms with Crippen LogP contribution in [-0.2, 0) is 10.3 Å². The zero-order chi connectivity index (χ0) is 19.6. The molecular weight excluding hydrogens is 360 g/mol. The number of hydrogen-bond donors (Lipinski definition) is 2. The van der Waals surface area contributed by atoms with E-state index in [2.05, 4.69) is 6.58 Å². The number of rotatable bonds is 1. The highest BCUT2D eigenvalue weighted by Crippen LogP contribution is 2.56. The Kier molecular flexibility index (Phi) is 3.19. The molecule has 2 aliphatic heterocycles. The Hall–Kier alpha value is -3.67. The SMILES string of the molecule is C=C([O-])c1ccc2c(c1)C(=O)OC21c2ccc(O)cc2OC2C=C(O)C=CC21. The minimum atomic E-state index is -1.20. The number of esters is 1. The van der Waals surface area contributed by atoms with Crippen LogP contribution in [0.5, 0.6) is 11.5 Å². The van der Waals surface area contributed by atoms with Gasteiger partial charge in [0, 0.05) is 17.2 Å². The second kappa shape index (κ2) is 5.42. The van der Waals surface area contributed by atoms with Crippen LogP contribution in [-0.4, -0.2) is 22.3 Å². The third-order valence-electron chi connectivity index (χ3n) is 5.48. The van der Waals surface area contributed by atoms with E-state index in [4.69, 9.17) is 9.47 Å². The van der Waals surface area contributed by atoms with E-state index in [1.54, 1.807) is 30.4 Å². The molecule has 0 aromatic heterocycles. The minimum Gasteiger partial charge on any atom is -0.872 e. The van der Waals surface area contributed by atoms with E-state index in [1.165, 1.54) is 24.3 Å². The molecule has 6 heteroatoms. The summed E-state index contributed by atoms with van der Waals surface area (Å²) in [5.41, 5.74) is 0.605. The number of phenols is 1. The molecule has 6 nitrogen and oxygen atoms in total. The summed E-state index contributed by atoms with van der Waals surface area (Å²) in [7, 11) is 0. The molecule has 1 aliphatic carbocycles. The van der Waals surface area contributed by atoms with Gasteiger partial charge in [0.1, 0.15) is 23.4 Å². The monoisotopic (exact) mass is 375 g/mol. The van der Waals surface area contributed by atoms with Crippen molar-refractivity contribution in [1.82, 2.24) is 0 Å². The summed E-state index contributed by atoms with van der Waals surface area (Å²) in [6.45, 7) is 3.40. The molecule has 140 valence electrons. The van der Waals surface area contributed by atoms with Crippen LogP contribution >= 0.6 is 0 Å². The maximum atomic E-state index is 12.8. The molecule has 3 unspecified atom stereocenters. The molecule has 0 fully saturated rings. The van der Waals surface area contributed by atoms with Gasteiger partial charge in [-0.3, -0.25) is 0 Å². The van der Waals surface area contributed by atoms with Crippen molar-refractivity contribution in [3.63, 3.8) is 0 Å². The van der Waals surface area contributed by atoms with Crippen LogP contribution in [0, 0.1) is 5.92 Å². The third kappa shape index (κ3) is 2.05. The summed E-state index contributed by atoms with van der Waals surface area (Å²) in [4.78, 5) is 12.8. The Morgan fingerprint density at radius 2 is 1.93 bits per heavy atom. The number of allylic oxidation sites excluding steroid dienone is 1. The Morgan fingerprint density at radius 1 is 1.14 bits per heavy atom. The highest BCUT2D eigenvalue weighted by atomic mass is 16.6. The second-order valence-corrected chi connectivity index (χ2v) is 7.05. The highest BCUT2D eigenvalue weighted by Gasteiger charge is 2.58. The number of aliphatic hydroxyl groups is 1. The van der Waals surface area contributed by atoms with Crippen molar-refractivity contribution in [3.05, 3.63) is 89.2 Å². The number of hydrogen-bond acceptors (Lipinski definition) is 6. The molecule has 3 aliphatic rings. The topological polar surface area (TPSA) is 99.1 Å². The van der Waals surface area contributed by atoms with Crippen LogP contribution in [0.4, 0.5) is 0 Å². The number of carbonyl (C=O) groups excluding carboxylic acids is 1. The molecule has 1 spiro atoms. The Balaban J connectivity index is 1.80. The molecule has 2 aromatic rings.